The number of carbonyl (C=O) groups excluding carboxylic acids is 1. The minimum absolute atomic E-state index is 0.0190. The normalized spacial score (nSPS) is 11.9. The predicted octanol–water partition coefficient (Wildman–Crippen LogP) is 5.31. The molecule has 1 N–H and O–H groups in total. The molecule has 0 aliphatic rings. The average molecular weight is 467 g/mol. The third-order valence-corrected chi connectivity index (χ3v) is 5.99. The van der Waals surface area contributed by atoms with Crippen molar-refractivity contribution >= 4 is 21.4 Å². The number of nitrogens with one attached hydrogen (secondary N) is 1. The summed E-state index contributed by atoms with van der Waals surface area (Å²) in [5, 5.41) is 2.35. The van der Waals surface area contributed by atoms with Crippen LogP contribution in [0.4, 0.5) is 18.9 Å². The molecule has 1 heterocycles. The van der Waals surface area contributed by atoms with Crippen LogP contribution < -0.4 is 10.1 Å². The number of hydrogen-bond acceptors (Lipinski definition) is 5. The molecule has 0 saturated carbocycles. The molecule has 1 aromatic heterocycles. The molecule has 0 spiro atoms. The minimum Gasteiger partial charge on any atom is -0.491 e. The summed E-state index contributed by atoms with van der Waals surface area (Å²) in [4.78, 5) is 12.7. The Hall–Kier alpha value is -3.27. The second-order valence-electron chi connectivity index (χ2n) is 6.85. The molecule has 3 rings (SSSR count). The van der Waals surface area contributed by atoms with Gasteiger partial charge in [0.1, 0.15) is 17.3 Å². The van der Waals surface area contributed by atoms with Crippen molar-refractivity contribution in [3.05, 3.63) is 77.7 Å². The van der Waals surface area contributed by atoms with Gasteiger partial charge < -0.3 is 14.5 Å². The molecule has 32 heavy (non-hydrogen) atoms. The van der Waals surface area contributed by atoms with Gasteiger partial charge in [0.15, 0.2) is 15.6 Å². The number of amides is 1. The number of sulfone groups is 1. The first kappa shape index (κ1) is 23.4. The maximum atomic E-state index is 13.1. The topological polar surface area (TPSA) is 85.6 Å². The van der Waals surface area contributed by atoms with Gasteiger partial charge in [-0.25, -0.2) is 8.42 Å². The van der Waals surface area contributed by atoms with Crippen molar-refractivity contribution in [3.8, 4) is 5.75 Å². The first-order valence-electron chi connectivity index (χ1n) is 9.62. The second-order valence-corrected chi connectivity index (χ2v) is 8.84. The van der Waals surface area contributed by atoms with Gasteiger partial charge in [-0.15, -0.1) is 0 Å². The van der Waals surface area contributed by atoms with Gasteiger partial charge in [0, 0.05) is 0 Å². The quantitative estimate of drug-likeness (QED) is 0.485. The van der Waals surface area contributed by atoms with Gasteiger partial charge in [0.25, 0.3) is 5.91 Å². The Morgan fingerprint density at radius 3 is 2.44 bits per heavy atom. The molecule has 0 radical (unpaired) electrons. The summed E-state index contributed by atoms with van der Waals surface area (Å²) in [7, 11) is -3.69. The van der Waals surface area contributed by atoms with Crippen molar-refractivity contribution in [2.45, 2.75) is 30.2 Å². The van der Waals surface area contributed by atoms with Gasteiger partial charge >= 0.3 is 6.18 Å². The second kappa shape index (κ2) is 9.47. The van der Waals surface area contributed by atoms with Crippen molar-refractivity contribution in [2.24, 2.45) is 0 Å². The Morgan fingerprint density at radius 1 is 1.06 bits per heavy atom. The summed E-state index contributed by atoms with van der Waals surface area (Å²) in [5.74, 6) is -1.47. The molecule has 0 atom stereocenters. The number of rotatable bonds is 8. The van der Waals surface area contributed by atoms with Crippen LogP contribution in [0.15, 0.2) is 70.0 Å². The van der Waals surface area contributed by atoms with E-state index in [1.54, 1.807) is 18.2 Å². The fourth-order valence-corrected chi connectivity index (χ4v) is 4.07. The third-order valence-electron chi connectivity index (χ3n) is 4.34. The lowest BCUT2D eigenvalue weighted by molar-refractivity contribution is -0.137. The molecule has 6 nitrogen and oxygen atoms in total. The Morgan fingerprint density at radius 2 is 1.78 bits per heavy atom. The molecular weight excluding hydrogens is 447 g/mol. The number of alkyl halides is 3. The number of ether oxygens (including phenoxy) is 1. The van der Waals surface area contributed by atoms with Crippen molar-refractivity contribution in [2.75, 3.05) is 11.9 Å². The number of furan rings is 1. The lowest BCUT2D eigenvalue weighted by Crippen LogP contribution is -2.14. The monoisotopic (exact) mass is 467 g/mol. The first-order chi connectivity index (χ1) is 15.1. The number of carbonyl (C=O) groups is 1. The molecule has 170 valence electrons. The molecule has 0 unspecified atom stereocenters. The molecule has 0 aliphatic carbocycles. The van der Waals surface area contributed by atoms with Crippen LogP contribution in [0.5, 0.6) is 5.75 Å². The van der Waals surface area contributed by atoms with Crippen LogP contribution >= 0.6 is 0 Å². The highest BCUT2D eigenvalue weighted by Gasteiger charge is 2.31. The van der Waals surface area contributed by atoms with Crippen LogP contribution in [-0.2, 0) is 21.8 Å². The van der Waals surface area contributed by atoms with E-state index < -0.39 is 33.2 Å². The summed E-state index contributed by atoms with van der Waals surface area (Å²) < 4.78 is 74.9. The van der Waals surface area contributed by atoms with Gasteiger partial charge in [-0.05, 0) is 48.9 Å². The summed E-state index contributed by atoms with van der Waals surface area (Å²) in [5.41, 5.74) is -1.13. The fraction of sp³-hybridized carbons (Fsp3) is 0.227. The highest BCUT2D eigenvalue weighted by molar-refractivity contribution is 7.90. The van der Waals surface area contributed by atoms with Gasteiger partial charge in [0.05, 0.1) is 22.8 Å². The maximum absolute atomic E-state index is 13.1. The Balaban J connectivity index is 1.80. The van der Waals surface area contributed by atoms with Crippen LogP contribution in [-0.4, -0.2) is 20.9 Å². The van der Waals surface area contributed by atoms with E-state index in [-0.39, 0.29) is 34.5 Å². The molecule has 0 fully saturated rings. The summed E-state index contributed by atoms with van der Waals surface area (Å²) in [6.45, 7) is 2.08. The molecule has 2 aromatic carbocycles. The number of halogens is 3. The standard InChI is InChI=1S/C22H20F3NO5S/c1-2-12-30-19-10-8-15(22(23,24)25)13-18(19)26-21(27)20-11-9-16(31-20)14-32(28,29)17-6-4-3-5-7-17/h3-11,13H,2,12,14H2,1H3,(H,26,27). The summed E-state index contributed by atoms with van der Waals surface area (Å²) >= 11 is 0. The average Bonchev–Trinajstić information content (AvgIpc) is 3.20. The van der Waals surface area contributed by atoms with Crippen LogP contribution in [0.1, 0.15) is 35.2 Å². The molecule has 0 bridgehead atoms. The molecular formula is C22H20F3NO5S. The molecule has 0 saturated heterocycles. The molecule has 3 aromatic rings. The van der Waals surface area contributed by atoms with E-state index in [9.17, 15) is 26.4 Å². The molecule has 10 heteroatoms. The zero-order valence-electron chi connectivity index (χ0n) is 17.0. The Labute approximate surface area is 182 Å². The maximum Gasteiger partial charge on any atom is 0.416 e. The van der Waals surface area contributed by atoms with E-state index in [0.29, 0.717) is 6.42 Å². The van der Waals surface area contributed by atoms with E-state index in [1.807, 2.05) is 6.92 Å². The third kappa shape index (κ3) is 5.70. The lowest BCUT2D eigenvalue weighted by atomic mass is 10.1. The number of anilines is 1. The van der Waals surface area contributed by atoms with Crippen molar-refractivity contribution in [1.29, 1.82) is 0 Å². The number of benzene rings is 2. The van der Waals surface area contributed by atoms with Crippen LogP contribution in [0.3, 0.4) is 0 Å². The smallest absolute Gasteiger partial charge is 0.416 e. The van der Waals surface area contributed by atoms with Crippen molar-refractivity contribution < 1.29 is 35.5 Å². The van der Waals surface area contributed by atoms with Crippen LogP contribution in [0.2, 0.25) is 0 Å². The Kier molecular flexibility index (Phi) is 6.93. The van der Waals surface area contributed by atoms with E-state index in [1.165, 1.54) is 24.3 Å². The van der Waals surface area contributed by atoms with E-state index in [2.05, 4.69) is 5.32 Å². The van der Waals surface area contributed by atoms with Gasteiger partial charge in [-0.1, -0.05) is 25.1 Å². The Bertz CT molecular complexity index is 1190. The zero-order valence-corrected chi connectivity index (χ0v) is 17.8. The van der Waals surface area contributed by atoms with E-state index in [4.69, 9.17) is 9.15 Å². The van der Waals surface area contributed by atoms with Crippen molar-refractivity contribution in [3.63, 3.8) is 0 Å². The fourth-order valence-electron chi connectivity index (χ4n) is 2.80. The predicted molar refractivity (Wildman–Crippen MR) is 111 cm³/mol. The largest absolute Gasteiger partial charge is 0.491 e. The highest BCUT2D eigenvalue weighted by Crippen LogP contribution is 2.35. The lowest BCUT2D eigenvalue weighted by Gasteiger charge is -2.14. The van der Waals surface area contributed by atoms with Crippen molar-refractivity contribution in [1.82, 2.24) is 0 Å². The van der Waals surface area contributed by atoms with Gasteiger partial charge in [-0.3, -0.25) is 4.79 Å². The number of hydrogen-bond donors (Lipinski definition) is 1. The van der Waals surface area contributed by atoms with Crippen LogP contribution in [0.25, 0.3) is 0 Å². The van der Waals surface area contributed by atoms with E-state index in [0.717, 1.165) is 18.2 Å². The first-order valence-corrected chi connectivity index (χ1v) is 11.3. The summed E-state index contributed by atoms with van der Waals surface area (Å²) in [6, 6.07) is 13.1. The van der Waals surface area contributed by atoms with Crippen LogP contribution in [0, 0.1) is 0 Å². The zero-order chi connectivity index (χ0) is 23.4. The highest BCUT2D eigenvalue weighted by atomic mass is 32.2. The minimum atomic E-state index is -4.60. The van der Waals surface area contributed by atoms with Gasteiger partial charge in [0.2, 0.25) is 0 Å². The van der Waals surface area contributed by atoms with E-state index >= 15 is 0 Å². The molecule has 0 aliphatic heterocycles. The summed E-state index contributed by atoms with van der Waals surface area (Å²) in [6.07, 6.45) is -3.99. The van der Waals surface area contributed by atoms with Gasteiger partial charge in [-0.2, -0.15) is 13.2 Å². The molecule has 1 amide bonds. The SMILES string of the molecule is CCCOc1ccc(C(F)(F)F)cc1NC(=O)c1ccc(CS(=O)(=O)c2ccccc2)o1.